The normalized spacial score (nSPS) is 18.5. The SMILES string of the molecule is Cc1c2n(ccc1=O)N(C1c3ccccc3CSc3ccccc31)CN(C(C)CO)C2=O. The second kappa shape index (κ2) is 8.15. The number of fused-ring (bicyclic) bond motifs is 3. The third-order valence-electron chi connectivity index (χ3n) is 6.40. The zero-order valence-electron chi connectivity index (χ0n) is 18.1. The second-order valence-corrected chi connectivity index (χ2v) is 9.33. The van der Waals surface area contributed by atoms with Crippen molar-refractivity contribution in [1.29, 1.82) is 0 Å². The van der Waals surface area contributed by atoms with Crippen LogP contribution in [-0.2, 0) is 5.75 Å². The summed E-state index contributed by atoms with van der Waals surface area (Å²) in [4.78, 5) is 28.7. The summed E-state index contributed by atoms with van der Waals surface area (Å²) in [5.74, 6) is 0.631. The number of amides is 1. The molecule has 1 N–H and O–H groups in total. The maximum Gasteiger partial charge on any atom is 0.274 e. The number of hydrogen-bond acceptors (Lipinski definition) is 5. The number of carbonyl (C=O) groups is 1. The van der Waals surface area contributed by atoms with Gasteiger partial charge in [-0.15, -0.1) is 11.8 Å². The second-order valence-electron chi connectivity index (χ2n) is 8.31. The lowest BCUT2D eigenvalue weighted by molar-refractivity contribution is 0.0530. The number of aliphatic hydroxyl groups is 1. The minimum Gasteiger partial charge on any atom is -0.394 e. The Labute approximate surface area is 191 Å². The summed E-state index contributed by atoms with van der Waals surface area (Å²) in [7, 11) is 0. The first-order chi connectivity index (χ1) is 15.5. The van der Waals surface area contributed by atoms with E-state index < -0.39 is 0 Å². The number of carbonyl (C=O) groups excluding carboxylic acids is 1. The van der Waals surface area contributed by atoms with Gasteiger partial charge < -0.3 is 10.0 Å². The molecule has 0 saturated heterocycles. The van der Waals surface area contributed by atoms with Crippen LogP contribution < -0.4 is 10.4 Å². The molecule has 3 heterocycles. The van der Waals surface area contributed by atoms with Crippen LogP contribution in [0.5, 0.6) is 0 Å². The van der Waals surface area contributed by atoms with Gasteiger partial charge in [0.05, 0.1) is 18.7 Å². The van der Waals surface area contributed by atoms with Gasteiger partial charge >= 0.3 is 0 Å². The molecule has 1 amide bonds. The molecule has 2 aliphatic rings. The van der Waals surface area contributed by atoms with E-state index in [0.29, 0.717) is 17.9 Å². The van der Waals surface area contributed by atoms with Crippen molar-refractivity contribution in [2.45, 2.75) is 36.6 Å². The number of aliphatic hydroxyl groups excluding tert-OH is 1. The number of hydrogen-bond donors (Lipinski definition) is 1. The fraction of sp³-hybridized carbons (Fsp3) is 0.280. The van der Waals surface area contributed by atoms with Crippen molar-refractivity contribution < 1.29 is 9.90 Å². The highest BCUT2D eigenvalue weighted by Crippen LogP contribution is 2.42. The fourth-order valence-electron chi connectivity index (χ4n) is 4.58. The molecule has 7 heteroatoms. The van der Waals surface area contributed by atoms with E-state index in [-0.39, 0.29) is 30.0 Å². The minimum atomic E-state index is -0.376. The summed E-state index contributed by atoms with van der Waals surface area (Å²) in [6, 6.07) is 17.8. The fourth-order valence-corrected chi connectivity index (χ4v) is 5.68. The van der Waals surface area contributed by atoms with Crippen LogP contribution in [-0.4, -0.2) is 39.9 Å². The van der Waals surface area contributed by atoms with Crippen LogP contribution in [0, 0.1) is 6.92 Å². The predicted octanol–water partition coefficient (Wildman–Crippen LogP) is 3.28. The number of pyridine rings is 1. The quantitative estimate of drug-likeness (QED) is 0.668. The third-order valence-corrected chi connectivity index (χ3v) is 7.54. The summed E-state index contributed by atoms with van der Waals surface area (Å²) in [5.41, 5.74) is 4.20. The smallest absolute Gasteiger partial charge is 0.274 e. The average Bonchev–Trinajstić information content (AvgIpc) is 2.98. The zero-order valence-corrected chi connectivity index (χ0v) is 18.9. The Morgan fingerprint density at radius 2 is 1.78 bits per heavy atom. The Morgan fingerprint density at radius 3 is 2.56 bits per heavy atom. The van der Waals surface area contributed by atoms with Gasteiger partial charge in [-0.3, -0.25) is 19.3 Å². The van der Waals surface area contributed by atoms with Crippen LogP contribution in [0.25, 0.3) is 0 Å². The summed E-state index contributed by atoms with van der Waals surface area (Å²) in [5, 5.41) is 12.0. The van der Waals surface area contributed by atoms with Crippen molar-refractivity contribution in [3.8, 4) is 0 Å². The molecule has 1 aromatic heterocycles. The van der Waals surface area contributed by atoms with E-state index >= 15 is 0 Å². The maximum atomic E-state index is 13.4. The Balaban J connectivity index is 1.78. The van der Waals surface area contributed by atoms with Crippen LogP contribution in [0.1, 0.15) is 45.7 Å². The van der Waals surface area contributed by atoms with Gasteiger partial charge in [-0.2, -0.15) is 0 Å². The third kappa shape index (κ3) is 3.24. The molecule has 2 aromatic carbocycles. The van der Waals surface area contributed by atoms with Gasteiger partial charge in [-0.1, -0.05) is 42.5 Å². The molecule has 0 fully saturated rings. The molecule has 0 saturated carbocycles. The van der Waals surface area contributed by atoms with E-state index in [9.17, 15) is 14.7 Å². The van der Waals surface area contributed by atoms with Gasteiger partial charge in [0, 0.05) is 28.5 Å². The summed E-state index contributed by atoms with van der Waals surface area (Å²) >= 11 is 1.81. The van der Waals surface area contributed by atoms with E-state index in [1.54, 1.807) is 18.0 Å². The van der Waals surface area contributed by atoms with E-state index in [0.717, 1.165) is 11.3 Å². The van der Waals surface area contributed by atoms with Crippen molar-refractivity contribution in [3.05, 3.63) is 99.0 Å². The van der Waals surface area contributed by atoms with E-state index in [1.165, 1.54) is 22.1 Å². The topological polar surface area (TPSA) is 65.8 Å². The number of benzene rings is 2. The molecule has 2 atom stereocenters. The number of nitrogens with zero attached hydrogens (tertiary/aromatic N) is 3. The van der Waals surface area contributed by atoms with Gasteiger partial charge in [0.1, 0.15) is 12.4 Å². The molecule has 3 aromatic rings. The first kappa shape index (κ1) is 20.8. The number of aromatic nitrogens is 1. The molecule has 5 rings (SSSR count). The van der Waals surface area contributed by atoms with Gasteiger partial charge in [0.25, 0.3) is 5.91 Å². The molecule has 0 bridgehead atoms. The van der Waals surface area contributed by atoms with Crippen molar-refractivity contribution in [1.82, 2.24) is 9.58 Å². The highest BCUT2D eigenvalue weighted by atomic mass is 32.2. The van der Waals surface area contributed by atoms with E-state index in [1.807, 2.05) is 41.6 Å². The van der Waals surface area contributed by atoms with Gasteiger partial charge in [0.2, 0.25) is 0 Å². The van der Waals surface area contributed by atoms with Gasteiger partial charge in [0.15, 0.2) is 5.43 Å². The molecule has 0 aliphatic carbocycles. The van der Waals surface area contributed by atoms with Gasteiger partial charge in [-0.25, -0.2) is 0 Å². The molecule has 6 nitrogen and oxygen atoms in total. The van der Waals surface area contributed by atoms with E-state index in [2.05, 4.69) is 35.3 Å². The molecule has 0 radical (unpaired) electrons. The van der Waals surface area contributed by atoms with Crippen LogP contribution in [0.2, 0.25) is 0 Å². The van der Waals surface area contributed by atoms with Gasteiger partial charge in [-0.05, 0) is 36.6 Å². The summed E-state index contributed by atoms with van der Waals surface area (Å²) in [6.45, 7) is 3.67. The first-order valence-electron chi connectivity index (χ1n) is 10.7. The van der Waals surface area contributed by atoms with Crippen LogP contribution in [0.15, 0.2) is 70.5 Å². The summed E-state index contributed by atoms with van der Waals surface area (Å²) < 4.78 is 1.84. The number of thioether (sulfide) groups is 1. The largest absolute Gasteiger partial charge is 0.394 e. The standard InChI is InChI=1S/C25H25N3O3S/c1-16(13-29)26-15-28(27-12-11-21(30)17(2)23(27)25(26)31)24-19-8-4-3-7-18(19)14-32-22-10-6-5-9-20(22)24/h3-12,16,24,29H,13-15H2,1-2H3. The Hall–Kier alpha value is -3.03. The summed E-state index contributed by atoms with van der Waals surface area (Å²) in [6.07, 6.45) is 1.70. The molecule has 32 heavy (non-hydrogen) atoms. The molecular weight excluding hydrogens is 422 g/mol. The minimum absolute atomic E-state index is 0.149. The monoisotopic (exact) mass is 447 g/mol. The van der Waals surface area contributed by atoms with Crippen molar-refractivity contribution >= 4 is 17.7 Å². The van der Waals surface area contributed by atoms with Crippen molar-refractivity contribution in [2.75, 3.05) is 18.3 Å². The molecule has 2 unspecified atom stereocenters. The van der Waals surface area contributed by atoms with Crippen LogP contribution in [0.3, 0.4) is 0 Å². The highest BCUT2D eigenvalue weighted by molar-refractivity contribution is 7.98. The first-order valence-corrected chi connectivity index (χ1v) is 11.7. The molecule has 164 valence electrons. The van der Waals surface area contributed by atoms with Crippen molar-refractivity contribution in [3.63, 3.8) is 0 Å². The van der Waals surface area contributed by atoms with Crippen LogP contribution in [0.4, 0.5) is 0 Å². The molecule has 2 aliphatic heterocycles. The Bertz CT molecular complexity index is 1210. The lowest BCUT2D eigenvalue weighted by atomic mass is 9.94. The molecular formula is C25H25N3O3S. The predicted molar refractivity (Wildman–Crippen MR) is 126 cm³/mol. The number of rotatable bonds is 3. The lowest BCUT2D eigenvalue weighted by Crippen LogP contribution is -2.58. The van der Waals surface area contributed by atoms with Crippen LogP contribution >= 0.6 is 11.8 Å². The molecule has 0 spiro atoms. The Morgan fingerprint density at radius 1 is 1.06 bits per heavy atom. The highest BCUT2D eigenvalue weighted by Gasteiger charge is 2.38. The lowest BCUT2D eigenvalue weighted by Gasteiger charge is -2.46. The van der Waals surface area contributed by atoms with E-state index in [4.69, 9.17) is 0 Å². The average molecular weight is 448 g/mol. The zero-order chi connectivity index (χ0) is 22.4. The Kier molecular flexibility index (Phi) is 5.31. The maximum absolute atomic E-state index is 13.4. The van der Waals surface area contributed by atoms with Crippen molar-refractivity contribution in [2.24, 2.45) is 0 Å².